The number of nitriles is 1. The molecule has 0 spiro atoms. The number of methoxy groups -OCH3 is 1. The Kier molecular flexibility index (Phi) is 10.1. The van der Waals surface area contributed by atoms with Gasteiger partial charge in [-0.25, -0.2) is 19.3 Å². The van der Waals surface area contributed by atoms with Crippen molar-refractivity contribution in [3.8, 4) is 6.07 Å². The summed E-state index contributed by atoms with van der Waals surface area (Å²) in [5.74, 6) is -0.0332. The fraction of sp³-hybridized carbons (Fsp3) is 0.406. The van der Waals surface area contributed by atoms with Crippen molar-refractivity contribution in [1.29, 1.82) is 5.26 Å². The number of fused-ring (bicyclic) bond motifs is 1. The van der Waals surface area contributed by atoms with Crippen LogP contribution < -0.4 is 15.7 Å². The molecule has 1 fully saturated rings. The molecule has 0 saturated heterocycles. The number of alkyl halides is 3. The molecule has 5 rings (SSSR count). The molecule has 1 unspecified atom stereocenters. The first-order valence-electron chi connectivity index (χ1n) is 14.6. The van der Waals surface area contributed by atoms with Gasteiger partial charge in [0.2, 0.25) is 5.95 Å². The standard InChI is InChI=1S/C31H33F3N6O3.CH2O2/c1-19-26(28(41)43-4)27(25-12-11-21(17-35)15-22(25)13-14-40(2,3)18-20-7-5-8-20)39-29(36-37-30(39)42)38(19)24-10-6-9-23(16-24)31(32,33)34;2-1-3/h6,9-12,15-16,20,27H,5,7-8,13-14,18H2,1-4H3;1H,(H,2,3). The van der Waals surface area contributed by atoms with Crippen LogP contribution in [0.1, 0.15) is 54.5 Å². The second kappa shape index (κ2) is 13.6. The van der Waals surface area contributed by atoms with E-state index in [0.717, 1.165) is 35.3 Å². The van der Waals surface area contributed by atoms with Gasteiger partial charge in [0.25, 0.3) is 0 Å². The summed E-state index contributed by atoms with van der Waals surface area (Å²) in [5, 5.41) is 24.5. The van der Waals surface area contributed by atoms with E-state index in [-0.39, 0.29) is 22.9 Å². The average molecular weight is 641 g/mol. The molecule has 2 heterocycles. The molecule has 1 aliphatic heterocycles. The zero-order chi connectivity index (χ0) is 33.8. The molecular formula is C32H35F3N6O5. The van der Waals surface area contributed by atoms with E-state index < -0.39 is 35.9 Å². The van der Waals surface area contributed by atoms with Gasteiger partial charge in [-0.1, -0.05) is 18.6 Å². The molecule has 14 heteroatoms. The first-order valence-corrected chi connectivity index (χ1v) is 14.6. The molecule has 2 aromatic carbocycles. The van der Waals surface area contributed by atoms with E-state index in [1.54, 1.807) is 25.1 Å². The number of H-pyrrole nitrogens is 1. The highest BCUT2D eigenvalue weighted by Crippen LogP contribution is 2.43. The van der Waals surface area contributed by atoms with Crippen molar-refractivity contribution in [2.75, 3.05) is 39.2 Å². The van der Waals surface area contributed by atoms with Crippen LogP contribution in [0.15, 0.2) is 58.5 Å². The topological polar surface area (TPSA) is 144 Å². The molecule has 1 aliphatic carbocycles. The summed E-state index contributed by atoms with van der Waals surface area (Å²) in [6, 6.07) is 10.9. The number of benzene rings is 2. The highest BCUT2D eigenvalue weighted by Gasteiger charge is 2.41. The number of hydrogen-bond acceptors (Lipinski definition) is 8. The van der Waals surface area contributed by atoms with Crippen LogP contribution >= 0.6 is 0 Å². The Balaban J connectivity index is 0.00000154. The highest BCUT2D eigenvalue weighted by molar-refractivity contribution is 5.93. The van der Waals surface area contributed by atoms with E-state index in [1.807, 2.05) is 0 Å². The largest absolute Gasteiger partial charge is 0.554 e. The van der Waals surface area contributed by atoms with Crippen LogP contribution in [-0.2, 0) is 26.9 Å². The molecule has 0 amide bonds. The number of nitrogens with zero attached hydrogens (tertiary/aromatic N) is 5. The van der Waals surface area contributed by atoms with Crippen molar-refractivity contribution in [2.24, 2.45) is 5.92 Å². The third-order valence-corrected chi connectivity index (χ3v) is 8.51. The van der Waals surface area contributed by atoms with Crippen molar-refractivity contribution in [3.63, 3.8) is 0 Å². The number of halogens is 3. The first kappa shape index (κ1) is 34.0. The summed E-state index contributed by atoms with van der Waals surface area (Å²) >= 11 is 0. The van der Waals surface area contributed by atoms with E-state index in [9.17, 15) is 28.0 Å². The maximum absolute atomic E-state index is 13.6. The van der Waals surface area contributed by atoms with Gasteiger partial charge >= 0.3 is 17.8 Å². The molecule has 46 heavy (non-hydrogen) atoms. The molecular weight excluding hydrogens is 605 g/mol. The van der Waals surface area contributed by atoms with Gasteiger partial charge in [0.15, 0.2) is 0 Å². The quantitative estimate of drug-likeness (QED) is 0.224. The van der Waals surface area contributed by atoms with E-state index in [1.165, 1.54) is 48.0 Å². The summed E-state index contributed by atoms with van der Waals surface area (Å²) < 4.78 is 48.1. The van der Waals surface area contributed by atoms with E-state index in [0.29, 0.717) is 23.5 Å². The molecule has 11 nitrogen and oxygen atoms in total. The first-order chi connectivity index (χ1) is 21.8. The van der Waals surface area contributed by atoms with Gasteiger partial charge < -0.3 is 19.1 Å². The number of nitrogens with one attached hydrogen (secondary N) is 1. The number of anilines is 2. The lowest BCUT2D eigenvalue weighted by Crippen LogP contribution is -2.46. The normalized spacial score (nSPS) is 16.5. The zero-order valence-electron chi connectivity index (χ0n) is 25.9. The number of aromatic amines is 1. The highest BCUT2D eigenvalue weighted by atomic mass is 19.4. The number of esters is 1. The molecule has 1 aromatic heterocycles. The second-order valence-electron chi connectivity index (χ2n) is 12.0. The number of quaternary nitrogens is 1. The van der Waals surface area contributed by atoms with Crippen LogP contribution in [0.3, 0.4) is 0 Å². The monoisotopic (exact) mass is 640 g/mol. The van der Waals surface area contributed by atoms with Crippen LogP contribution in [0, 0.1) is 17.2 Å². The van der Waals surface area contributed by atoms with Crippen molar-refractivity contribution in [1.82, 2.24) is 14.8 Å². The lowest BCUT2D eigenvalue weighted by molar-refractivity contribution is -0.894. The van der Waals surface area contributed by atoms with Crippen molar-refractivity contribution in [3.05, 3.63) is 86.5 Å². The molecule has 244 valence electrons. The predicted molar refractivity (Wildman–Crippen MR) is 159 cm³/mol. The van der Waals surface area contributed by atoms with Crippen LogP contribution in [-0.4, -0.2) is 66.0 Å². The van der Waals surface area contributed by atoms with Gasteiger partial charge in [-0.2, -0.15) is 18.4 Å². The summed E-state index contributed by atoms with van der Waals surface area (Å²) in [6.45, 7) is 2.87. The zero-order valence-corrected chi connectivity index (χ0v) is 25.9. The number of carboxylic acid groups (broad SMARTS) is 1. The minimum Gasteiger partial charge on any atom is -0.554 e. The maximum Gasteiger partial charge on any atom is 0.416 e. The Morgan fingerprint density at radius 2 is 1.93 bits per heavy atom. The third kappa shape index (κ3) is 6.99. The predicted octanol–water partition coefficient (Wildman–Crippen LogP) is 3.44. The van der Waals surface area contributed by atoms with Crippen molar-refractivity contribution < 1.29 is 37.1 Å². The van der Waals surface area contributed by atoms with E-state index >= 15 is 0 Å². The molecule has 1 N–H and O–H groups in total. The fourth-order valence-electron chi connectivity index (χ4n) is 6.13. The minimum atomic E-state index is -4.61. The SMILES string of the molecule is COC(=O)C1=C(C)N(c2cccc(C(F)(F)F)c2)c2n[nH]c(=O)n2C1c1ccc(C#N)cc1CC[N+](C)(C)CC1CCC1.O=C[O-]. The number of aromatic nitrogens is 3. The van der Waals surface area contributed by atoms with Gasteiger partial charge in [0.05, 0.1) is 57.1 Å². The Labute approximate surface area is 263 Å². The second-order valence-corrected chi connectivity index (χ2v) is 12.0. The number of rotatable bonds is 8. The van der Waals surface area contributed by atoms with E-state index in [2.05, 4.69) is 30.4 Å². The van der Waals surface area contributed by atoms with Crippen LogP contribution in [0.5, 0.6) is 0 Å². The molecule has 1 saturated carbocycles. The van der Waals surface area contributed by atoms with Crippen LogP contribution in [0.25, 0.3) is 0 Å². The Bertz CT molecular complexity index is 1730. The summed E-state index contributed by atoms with van der Waals surface area (Å²) in [7, 11) is 5.55. The third-order valence-electron chi connectivity index (χ3n) is 8.51. The Hall–Kier alpha value is -4.90. The van der Waals surface area contributed by atoms with Gasteiger partial charge in [0.1, 0.15) is 6.04 Å². The lowest BCUT2D eigenvalue weighted by Gasteiger charge is -2.38. The molecule has 1 atom stereocenters. The average Bonchev–Trinajstić information content (AvgIpc) is 3.37. The number of carbonyl (C=O) groups excluding carboxylic acids is 2. The van der Waals surface area contributed by atoms with Crippen LogP contribution in [0.4, 0.5) is 24.8 Å². The molecule has 2 aliphatic rings. The smallest absolute Gasteiger partial charge is 0.416 e. The summed E-state index contributed by atoms with van der Waals surface area (Å²) in [4.78, 5) is 36.4. The number of carbonyl (C=O) groups is 2. The molecule has 0 radical (unpaired) electrons. The lowest BCUT2D eigenvalue weighted by atomic mass is 9.84. The number of likely N-dealkylation sites (N-methyl/N-ethyl adjacent to an activating group) is 1. The minimum absolute atomic E-state index is 0.0240. The fourth-order valence-corrected chi connectivity index (χ4v) is 6.13. The number of allylic oxidation sites excluding steroid dienone is 1. The Morgan fingerprint density at radius 3 is 2.52 bits per heavy atom. The molecule has 3 aromatic rings. The van der Waals surface area contributed by atoms with Crippen LogP contribution in [0.2, 0.25) is 0 Å². The Morgan fingerprint density at radius 1 is 1.24 bits per heavy atom. The van der Waals surface area contributed by atoms with Gasteiger partial charge in [-0.3, -0.25) is 4.90 Å². The van der Waals surface area contributed by atoms with Gasteiger partial charge in [-0.15, -0.1) is 5.10 Å². The van der Waals surface area contributed by atoms with Gasteiger partial charge in [-0.05, 0) is 61.2 Å². The van der Waals surface area contributed by atoms with Gasteiger partial charge in [0, 0.05) is 30.2 Å². The maximum atomic E-state index is 13.6. The van der Waals surface area contributed by atoms with Crippen molar-refractivity contribution in [2.45, 2.75) is 44.8 Å². The molecule has 0 bridgehead atoms. The summed E-state index contributed by atoms with van der Waals surface area (Å²) in [5.41, 5.74) is 0.694. The summed E-state index contributed by atoms with van der Waals surface area (Å²) in [6.07, 6.45) is -0.347. The number of ether oxygens (including phenoxy) is 1. The van der Waals surface area contributed by atoms with E-state index in [4.69, 9.17) is 14.6 Å². The number of hydrogen-bond donors (Lipinski definition) is 1. The van der Waals surface area contributed by atoms with Crippen molar-refractivity contribution >= 4 is 24.1 Å².